The fourth-order valence-corrected chi connectivity index (χ4v) is 2.47. The molecule has 0 N–H and O–H groups in total. The smallest absolute Gasteiger partial charge is 0.294 e. The van der Waals surface area contributed by atoms with Crippen LogP contribution in [0.3, 0.4) is 0 Å². The van der Waals surface area contributed by atoms with Gasteiger partial charge in [0.2, 0.25) is 0 Å². The summed E-state index contributed by atoms with van der Waals surface area (Å²) >= 11 is 0. The average molecular weight is 320 g/mol. The van der Waals surface area contributed by atoms with Gasteiger partial charge in [0.05, 0.1) is 11.5 Å². The molecule has 0 aliphatic carbocycles. The van der Waals surface area contributed by atoms with Crippen LogP contribution < -0.4 is 10.2 Å². The molecule has 3 aromatic rings. The van der Waals surface area contributed by atoms with Crippen molar-refractivity contribution in [3.8, 4) is 5.95 Å². The summed E-state index contributed by atoms with van der Waals surface area (Å²) in [6, 6.07) is 16.5. The summed E-state index contributed by atoms with van der Waals surface area (Å²) in [7, 11) is 0. The Bertz CT molecular complexity index is 941. The lowest BCUT2D eigenvalue weighted by Gasteiger charge is -2.19. The Morgan fingerprint density at radius 2 is 1.71 bits per heavy atom. The van der Waals surface area contributed by atoms with E-state index in [0.717, 1.165) is 5.56 Å². The Morgan fingerprint density at radius 3 is 2.38 bits per heavy atom. The molecule has 0 bridgehead atoms. The van der Waals surface area contributed by atoms with Crippen LogP contribution in [0.5, 0.6) is 5.95 Å². The van der Waals surface area contributed by atoms with Gasteiger partial charge in [-0.05, 0) is 23.1 Å². The molecule has 0 unspecified atom stereocenters. The highest BCUT2D eigenvalue weighted by Crippen LogP contribution is 2.26. The lowest BCUT2D eigenvalue weighted by atomic mass is 9.86. The molecule has 3 rings (SSSR count). The summed E-state index contributed by atoms with van der Waals surface area (Å²) in [6.07, 6.45) is 0. The third kappa shape index (κ3) is 3.25. The van der Waals surface area contributed by atoms with Gasteiger partial charge in [-0.3, -0.25) is 4.79 Å². The number of fused-ring (bicyclic) bond motifs is 1. The van der Waals surface area contributed by atoms with Crippen molar-refractivity contribution in [3.05, 3.63) is 82.5 Å². The Hall–Kier alpha value is -2.81. The minimum absolute atomic E-state index is 0.0891. The predicted octanol–water partition coefficient (Wildman–Crippen LogP) is 5.14. The predicted molar refractivity (Wildman–Crippen MR) is 97.3 cm³/mol. The minimum atomic E-state index is -0.136. The number of hydrogen-bond donors (Lipinski definition) is 0. The van der Waals surface area contributed by atoms with E-state index >= 15 is 0 Å². The van der Waals surface area contributed by atoms with E-state index in [1.807, 2.05) is 18.2 Å². The van der Waals surface area contributed by atoms with Crippen LogP contribution in [0.25, 0.3) is 16.7 Å². The molecular formula is C21H20O3. The SMILES string of the molecule is C=C(Oc1cc(=O)c2ccccc2o1)c1ccc(C(C)(C)C)cc1. The van der Waals surface area contributed by atoms with E-state index < -0.39 is 0 Å². The van der Waals surface area contributed by atoms with Crippen molar-refractivity contribution < 1.29 is 9.15 Å². The van der Waals surface area contributed by atoms with Crippen molar-refractivity contribution >= 4 is 16.7 Å². The number of hydrogen-bond acceptors (Lipinski definition) is 3. The highest BCUT2D eigenvalue weighted by atomic mass is 16.6. The van der Waals surface area contributed by atoms with Crippen LogP contribution in [0, 0.1) is 0 Å². The first-order chi connectivity index (χ1) is 11.3. The van der Waals surface area contributed by atoms with Gasteiger partial charge in [0.25, 0.3) is 5.95 Å². The van der Waals surface area contributed by atoms with Crippen LogP contribution in [0.15, 0.2) is 70.4 Å². The van der Waals surface area contributed by atoms with E-state index in [-0.39, 0.29) is 16.8 Å². The van der Waals surface area contributed by atoms with Gasteiger partial charge in [0.15, 0.2) is 5.43 Å². The molecule has 0 aliphatic rings. The molecule has 1 aromatic heterocycles. The molecule has 0 aliphatic heterocycles. The number of rotatable bonds is 3. The Balaban J connectivity index is 1.86. The number of benzene rings is 2. The van der Waals surface area contributed by atoms with Gasteiger partial charge in [0, 0.05) is 5.56 Å². The molecule has 2 aromatic carbocycles. The van der Waals surface area contributed by atoms with Crippen LogP contribution in [-0.2, 0) is 5.41 Å². The van der Waals surface area contributed by atoms with Gasteiger partial charge in [-0.1, -0.05) is 63.7 Å². The van der Waals surface area contributed by atoms with E-state index in [2.05, 4.69) is 39.5 Å². The maximum absolute atomic E-state index is 12.1. The molecule has 3 nitrogen and oxygen atoms in total. The first-order valence-corrected chi connectivity index (χ1v) is 7.85. The fourth-order valence-electron chi connectivity index (χ4n) is 2.47. The van der Waals surface area contributed by atoms with E-state index in [1.165, 1.54) is 11.6 Å². The maximum atomic E-state index is 12.1. The Labute approximate surface area is 141 Å². The zero-order valence-electron chi connectivity index (χ0n) is 14.1. The quantitative estimate of drug-likeness (QED) is 0.627. The standard InChI is InChI=1S/C21H20O3/c1-14(15-9-11-16(12-10-15)21(2,3)4)23-20-13-18(22)17-7-5-6-8-19(17)24-20/h5-13H,1H2,2-4H3. The third-order valence-electron chi connectivity index (χ3n) is 3.91. The molecule has 0 saturated heterocycles. The number of ether oxygens (including phenoxy) is 1. The fraction of sp³-hybridized carbons (Fsp3) is 0.190. The topological polar surface area (TPSA) is 39.4 Å². The van der Waals surface area contributed by atoms with Gasteiger partial charge in [-0.15, -0.1) is 0 Å². The second kappa shape index (κ2) is 6.00. The monoisotopic (exact) mass is 320 g/mol. The summed E-state index contributed by atoms with van der Waals surface area (Å²) in [4.78, 5) is 12.1. The highest BCUT2D eigenvalue weighted by molar-refractivity contribution is 5.76. The summed E-state index contributed by atoms with van der Waals surface area (Å²) in [5, 5.41) is 0.532. The van der Waals surface area contributed by atoms with Crippen molar-refractivity contribution in [2.75, 3.05) is 0 Å². The second-order valence-corrected chi connectivity index (χ2v) is 6.78. The lowest BCUT2D eigenvalue weighted by molar-refractivity contribution is 0.373. The molecule has 0 atom stereocenters. The summed E-state index contributed by atoms with van der Waals surface area (Å²) < 4.78 is 11.3. The average Bonchev–Trinajstić information content (AvgIpc) is 2.54. The van der Waals surface area contributed by atoms with Crippen molar-refractivity contribution in [1.29, 1.82) is 0 Å². The van der Waals surface area contributed by atoms with Crippen molar-refractivity contribution in [1.82, 2.24) is 0 Å². The van der Waals surface area contributed by atoms with Crippen LogP contribution in [0.1, 0.15) is 31.9 Å². The first-order valence-electron chi connectivity index (χ1n) is 7.85. The van der Waals surface area contributed by atoms with Gasteiger partial charge in [0.1, 0.15) is 11.3 Å². The minimum Gasteiger partial charge on any atom is -0.426 e. The molecular weight excluding hydrogens is 300 g/mol. The maximum Gasteiger partial charge on any atom is 0.294 e. The van der Waals surface area contributed by atoms with Crippen LogP contribution >= 0.6 is 0 Å². The van der Waals surface area contributed by atoms with Crippen LogP contribution in [-0.4, -0.2) is 0 Å². The Morgan fingerprint density at radius 1 is 1.04 bits per heavy atom. The zero-order valence-corrected chi connectivity index (χ0v) is 14.1. The second-order valence-electron chi connectivity index (χ2n) is 6.78. The molecule has 1 heterocycles. The molecule has 0 saturated carbocycles. The van der Waals surface area contributed by atoms with Crippen LogP contribution in [0.4, 0.5) is 0 Å². The van der Waals surface area contributed by atoms with Gasteiger partial charge in [-0.2, -0.15) is 0 Å². The van der Waals surface area contributed by atoms with Crippen molar-refractivity contribution in [3.63, 3.8) is 0 Å². The summed E-state index contributed by atoms with van der Waals surface area (Å²) in [5.74, 6) is 0.581. The van der Waals surface area contributed by atoms with Gasteiger partial charge >= 0.3 is 0 Å². The molecule has 0 radical (unpaired) electrons. The molecule has 0 amide bonds. The van der Waals surface area contributed by atoms with Gasteiger partial charge < -0.3 is 9.15 Å². The lowest BCUT2D eigenvalue weighted by Crippen LogP contribution is -2.10. The van der Waals surface area contributed by atoms with Crippen molar-refractivity contribution in [2.24, 2.45) is 0 Å². The van der Waals surface area contributed by atoms with Crippen molar-refractivity contribution in [2.45, 2.75) is 26.2 Å². The summed E-state index contributed by atoms with van der Waals surface area (Å²) in [6.45, 7) is 10.4. The zero-order chi connectivity index (χ0) is 17.3. The number of para-hydroxylation sites is 1. The molecule has 3 heteroatoms. The van der Waals surface area contributed by atoms with E-state index in [0.29, 0.717) is 16.7 Å². The normalized spacial score (nSPS) is 11.5. The highest BCUT2D eigenvalue weighted by Gasteiger charge is 2.14. The van der Waals surface area contributed by atoms with Crippen LogP contribution in [0.2, 0.25) is 0 Å². The van der Waals surface area contributed by atoms with Gasteiger partial charge in [-0.25, -0.2) is 0 Å². The first kappa shape index (κ1) is 16.1. The molecule has 0 fully saturated rings. The van der Waals surface area contributed by atoms with E-state index in [4.69, 9.17) is 9.15 Å². The molecule has 24 heavy (non-hydrogen) atoms. The Kier molecular flexibility index (Phi) is 4.02. The largest absolute Gasteiger partial charge is 0.426 e. The summed E-state index contributed by atoms with van der Waals surface area (Å²) in [5.41, 5.74) is 2.53. The van der Waals surface area contributed by atoms with E-state index in [1.54, 1.807) is 18.2 Å². The third-order valence-corrected chi connectivity index (χ3v) is 3.91. The molecule has 122 valence electrons. The van der Waals surface area contributed by atoms with E-state index in [9.17, 15) is 4.79 Å². The molecule has 0 spiro atoms.